The maximum absolute atomic E-state index is 11.6. The summed E-state index contributed by atoms with van der Waals surface area (Å²) in [6, 6.07) is 27.1. The van der Waals surface area contributed by atoms with Crippen molar-refractivity contribution in [3.05, 3.63) is 107 Å². The summed E-state index contributed by atoms with van der Waals surface area (Å²) in [7, 11) is 0. The predicted molar refractivity (Wildman–Crippen MR) is 97.9 cm³/mol. The van der Waals surface area contributed by atoms with Crippen LogP contribution in [0.2, 0.25) is 0 Å². The van der Waals surface area contributed by atoms with Crippen LogP contribution in [0.15, 0.2) is 84.9 Å². The molecule has 0 aliphatic rings. The van der Waals surface area contributed by atoms with E-state index in [1.54, 1.807) is 12.1 Å². The lowest BCUT2D eigenvalue weighted by Crippen LogP contribution is -2.04. The Hall–Kier alpha value is -2.87. The van der Waals surface area contributed by atoms with E-state index in [1.807, 2.05) is 48.5 Å². The minimum atomic E-state index is -0.288. The van der Waals surface area contributed by atoms with Gasteiger partial charge in [-0.25, -0.2) is 4.79 Å². The maximum Gasteiger partial charge on any atom is 0.338 e. The van der Waals surface area contributed by atoms with Crippen molar-refractivity contribution >= 4 is 5.97 Å². The summed E-state index contributed by atoms with van der Waals surface area (Å²) < 4.78 is 5.18. The van der Waals surface area contributed by atoms with E-state index < -0.39 is 0 Å². The van der Waals surface area contributed by atoms with Gasteiger partial charge < -0.3 is 4.74 Å². The number of carbonyl (C=O) groups is 1. The van der Waals surface area contributed by atoms with Gasteiger partial charge in [-0.3, -0.25) is 0 Å². The van der Waals surface area contributed by atoms with Gasteiger partial charge in [0.25, 0.3) is 0 Å². The summed E-state index contributed by atoms with van der Waals surface area (Å²) in [4.78, 5) is 11.6. The molecular formula is C22H22O2. The third-order valence-corrected chi connectivity index (χ3v) is 3.44. The third kappa shape index (κ3) is 6.09. The Balaban J connectivity index is 0.000000219. The van der Waals surface area contributed by atoms with Crippen LogP contribution < -0.4 is 0 Å². The zero-order chi connectivity index (χ0) is 17.2. The minimum Gasteiger partial charge on any atom is -0.457 e. The highest BCUT2D eigenvalue weighted by Crippen LogP contribution is 2.05. The van der Waals surface area contributed by atoms with Crippen molar-refractivity contribution in [1.29, 1.82) is 0 Å². The van der Waals surface area contributed by atoms with Gasteiger partial charge in [-0.15, -0.1) is 0 Å². The highest BCUT2D eigenvalue weighted by molar-refractivity contribution is 5.89. The van der Waals surface area contributed by atoms with E-state index in [4.69, 9.17) is 4.74 Å². The van der Waals surface area contributed by atoms with Crippen molar-refractivity contribution in [3.8, 4) is 0 Å². The molecule has 0 aliphatic heterocycles. The van der Waals surface area contributed by atoms with Gasteiger partial charge in [0.15, 0.2) is 0 Å². The number of ether oxygens (including phenoxy) is 1. The first-order chi connectivity index (χ1) is 11.6. The number of hydrogen-bond acceptors (Lipinski definition) is 2. The van der Waals surface area contributed by atoms with Gasteiger partial charge in [-0.1, -0.05) is 83.9 Å². The SMILES string of the molecule is Cc1ccc(C)cc1.O=C(OCc1ccccc1)c1ccccc1. The Morgan fingerprint density at radius 3 is 1.67 bits per heavy atom. The van der Waals surface area contributed by atoms with Gasteiger partial charge in [0.05, 0.1) is 5.56 Å². The van der Waals surface area contributed by atoms with Crippen LogP contribution in [0, 0.1) is 13.8 Å². The topological polar surface area (TPSA) is 26.3 Å². The van der Waals surface area contributed by atoms with E-state index in [1.165, 1.54) is 11.1 Å². The Bertz CT molecular complexity index is 711. The average molecular weight is 318 g/mol. The maximum atomic E-state index is 11.6. The van der Waals surface area contributed by atoms with Gasteiger partial charge >= 0.3 is 5.97 Å². The molecule has 2 heteroatoms. The van der Waals surface area contributed by atoms with Gasteiger partial charge in [-0.2, -0.15) is 0 Å². The predicted octanol–water partition coefficient (Wildman–Crippen LogP) is 5.35. The number of rotatable bonds is 3. The second-order valence-corrected chi connectivity index (χ2v) is 5.58. The van der Waals surface area contributed by atoms with Crippen LogP contribution >= 0.6 is 0 Å². The molecule has 0 amide bonds. The van der Waals surface area contributed by atoms with Crippen molar-refractivity contribution < 1.29 is 9.53 Å². The van der Waals surface area contributed by atoms with Gasteiger partial charge in [0.2, 0.25) is 0 Å². The molecule has 0 unspecified atom stereocenters. The average Bonchev–Trinajstić information content (AvgIpc) is 2.64. The standard InChI is InChI=1S/C14H12O2.C8H10/c15-14(13-9-5-2-6-10-13)16-11-12-7-3-1-4-8-12;1-7-3-5-8(2)6-4-7/h1-10H,11H2;3-6H,1-2H3. The number of esters is 1. The lowest BCUT2D eigenvalue weighted by molar-refractivity contribution is 0.0472. The van der Waals surface area contributed by atoms with Crippen molar-refractivity contribution in [3.63, 3.8) is 0 Å². The summed E-state index contributed by atoms with van der Waals surface area (Å²) in [5, 5.41) is 0. The molecule has 0 fully saturated rings. The fraction of sp³-hybridized carbons (Fsp3) is 0.136. The lowest BCUT2D eigenvalue weighted by atomic mass is 10.2. The summed E-state index contributed by atoms with van der Waals surface area (Å²) in [5.41, 5.74) is 4.23. The molecule has 0 atom stereocenters. The second-order valence-electron chi connectivity index (χ2n) is 5.58. The molecule has 0 saturated heterocycles. The highest BCUT2D eigenvalue weighted by Gasteiger charge is 2.05. The van der Waals surface area contributed by atoms with Crippen LogP contribution in [-0.4, -0.2) is 5.97 Å². The fourth-order valence-corrected chi connectivity index (χ4v) is 2.02. The molecule has 0 aliphatic carbocycles. The first kappa shape index (κ1) is 17.5. The zero-order valence-electron chi connectivity index (χ0n) is 14.1. The Kier molecular flexibility index (Phi) is 6.78. The molecule has 122 valence electrons. The van der Waals surface area contributed by atoms with E-state index in [2.05, 4.69) is 38.1 Å². The molecular weight excluding hydrogens is 296 g/mol. The summed E-state index contributed by atoms with van der Waals surface area (Å²) in [6.07, 6.45) is 0. The first-order valence-electron chi connectivity index (χ1n) is 7.94. The summed E-state index contributed by atoms with van der Waals surface area (Å²) >= 11 is 0. The van der Waals surface area contributed by atoms with Gasteiger partial charge in [0.1, 0.15) is 6.61 Å². The molecule has 0 aromatic heterocycles. The van der Waals surface area contributed by atoms with Crippen LogP contribution in [0.1, 0.15) is 27.0 Å². The van der Waals surface area contributed by atoms with Crippen molar-refractivity contribution in [2.45, 2.75) is 20.5 Å². The van der Waals surface area contributed by atoms with E-state index in [0.29, 0.717) is 12.2 Å². The van der Waals surface area contributed by atoms with Crippen LogP contribution in [0.5, 0.6) is 0 Å². The van der Waals surface area contributed by atoms with Crippen LogP contribution in [0.25, 0.3) is 0 Å². The summed E-state index contributed by atoms with van der Waals surface area (Å²) in [5.74, 6) is -0.288. The van der Waals surface area contributed by atoms with Crippen LogP contribution in [-0.2, 0) is 11.3 Å². The lowest BCUT2D eigenvalue weighted by Gasteiger charge is -2.04. The summed E-state index contributed by atoms with van der Waals surface area (Å²) in [6.45, 7) is 4.51. The highest BCUT2D eigenvalue weighted by atomic mass is 16.5. The molecule has 24 heavy (non-hydrogen) atoms. The molecule has 0 radical (unpaired) electrons. The van der Waals surface area contributed by atoms with Crippen molar-refractivity contribution in [1.82, 2.24) is 0 Å². The molecule has 3 aromatic carbocycles. The zero-order valence-corrected chi connectivity index (χ0v) is 14.1. The van der Waals surface area contributed by atoms with Crippen LogP contribution in [0.4, 0.5) is 0 Å². The third-order valence-electron chi connectivity index (χ3n) is 3.44. The molecule has 0 N–H and O–H groups in total. The second kappa shape index (κ2) is 9.31. The molecule has 3 aromatic rings. The van der Waals surface area contributed by atoms with Gasteiger partial charge in [0, 0.05) is 0 Å². The number of carbonyl (C=O) groups excluding carboxylic acids is 1. The molecule has 3 rings (SSSR count). The first-order valence-corrected chi connectivity index (χ1v) is 7.94. The molecule has 2 nitrogen and oxygen atoms in total. The quantitative estimate of drug-likeness (QED) is 0.609. The Morgan fingerprint density at radius 2 is 1.17 bits per heavy atom. The monoisotopic (exact) mass is 318 g/mol. The number of benzene rings is 3. The normalized spacial score (nSPS) is 9.58. The molecule has 0 saturated carbocycles. The fourth-order valence-electron chi connectivity index (χ4n) is 2.02. The van der Waals surface area contributed by atoms with E-state index in [9.17, 15) is 4.79 Å². The largest absolute Gasteiger partial charge is 0.457 e. The minimum absolute atomic E-state index is 0.288. The van der Waals surface area contributed by atoms with Crippen molar-refractivity contribution in [2.24, 2.45) is 0 Å². The van der Waals surface area contributed by atoms with E-state index >= 15 is 0 Å². The van der Waals surface area contributed by atoms with E-state index in [0.717, 1.165) is 5.56 Å². The smallest absolute Gasteiger partial charge is 0.338 e. The van der Waals surface area contributed by atoms with Crippen LogP contribution in [0.3, 0.4) is 0 Å². The van der Waals surface area contributed by atoms with Crippen molar-refractivity contribution in [2.75, 3.05) is 0 Å². The number of aryl methyl sites for hydroxylation is 2. The Labute approximate surface area is 143 Å². The van der Waals surface area contributed by atoms with E-state index in [-0.39, 0.29) is 5.97 Å². The molecule has 0 heterocycles. The number of hydrogen-bond donors (Lipinski definition) is 0. The van der Waals surface area contributed by atoms with Gasteiger partial charge in [-0.05, 0) is 31.5 Å². The Morgan fingerprint density at radius 1 is 0.708 bits per heavy atom. The molecule has 0 spiro atoms. The molecule has 0 bridgehead atoms.